The normalized spacial score (nSPS) is 18.9. The molecule has 0 aliphatic carbocycles. The van der Waals surface area contributed by atoms with Crippen molar-refractivity contribution in [1.29, 1.82) is 0 Å². The average molecular weight is 263 g/mol. The van der Waals surface area contributed by atoms with Crippen molar-refractivity contribution < 1.29 is 9.72 Å². The zero-order valence-electron chi connectivity index (χ0n) is 11.0. The van der Waals surface area contributed by atoms with Crippen molar-refractivity contribution >= 4 is 17.3 Å². The number of rotatable bonds is 4. The number of nitro groups is 1. The molecule has 1 saturated heterocycles. The summed E-state index contributed by atoms with van der Waals surface area (Å²) in [6.45, 7) is 4.96. The molecule has 0 aromatic heterocycles. The van der Waals surface area contributed by atoms with Crippen molar-refractivity contribution in [2.75, 3.05) is 18.0 Å². The minimum Gasteiger partial charge on any atom is -0.310 e. The lowest BCUT2D eigenvalue weighted by Gasteiger charge is -2.19. The SMILES string of the molecule is CCNC1CCN(c2cccc([N+](=O)[O-])c2C)C1=O. The summed E-state index contributed by atoms with van der Waals surface area (Å²) in [6, 6.07) is 4.66. The van der Waals surface area contributed by atoms with Gasteiger partial charge in [0.2, 0.25) is 5.91 Å². The van der Waals surface area contributed by atoms with E-state index in [0.29, 0.717) is 17.8 Å². The van der Waals surface area contributed by atoms with Gasteiger partial charge in [-0.25, -0.2) is 0 Å². The minimum atomic E-state index is -0.416. The molecule has 1 N–H and O–H groups in total. The summed E-state index contributed by atoms with van der Waals surface area (Å²) in [5, 5.41) is 14.1. The Morgan fingerprint density at radius 3 is 2.89 bits per heavy atom. The fourth-order valence-electron chi connectivity index (χ4n) is 2.46. The first-order chi connectivity index (χ1) is 9.06. The van der Waals surface area contributed by atoms with E-state index in [0.717, 1.165) is 13.0 Å². The number of carbonyl (C=O) groups excluding carboxylic acids is 1. The summed E-state index contributed by atoms with van der Waals surface area (Å²) in [5.41, 5.74) is 1.23. The first kappa shape index (κ1) is 13.5. The van der Waals surface area contributed by atoms with E-state index in [2.05, 4.69) is 5.32 Å². The lowest BCUT2D eigenvalue weighted by atomic mass is 10.1. The van der Waals surface area contributed by atoms with E-state index in [1.165, 1.54) is 6.07 Å². The van der Waals surface area contributed by atoms with Crippen molar-refractivity contribution in [1.82, 2.24) is 5.32 Å². The molecule has 2 rings (SSSR count). The summed E-state index contributed by atoms with van der Waals surface area (Å²) >= 11 is 0. The summed E-state index contributed by atoms with van der Waals surface area (Å²) < 4.78 is 0. The molecule has 1 unspecified atom stereocenters. The molecule has 1 amide bonds. The van der Waals surface area contributed by atoms with Gasteiger partial charge in [-0.05, 0) is 26.0 Å². The van der Waals surface area contributed by atoms with E-state index < -0.39 is 4.92 Å². The first-order valence-electron chi connectivity index (χ1n) is 6.35. The lowest BCUT2D eigenvalue weighted by Crippen LogP contribution is -2.38. The number of nitrogens with one attached hydrogen (secondary N) is 1. The van der Waals surface area contributed by atoms with Crippen LogP contribution in [-0.2, 0) is 4.79 Å². The Labute approximate surface area is 111 Å². The Hall–Kier alpha value is -1.95. The van der Waals surface area contributed by atoms with Gasteiger partial charge in [-0.2, -0.15) is 0 Å². The zero-order chi connectivity index (χ0) is 14.0. The molecule has 0 spiro atoms. The Balaban J connectivity index is 2.31. The zero-order valence-corrected chi connectivity index (χ0v) is 11.0. The Morgan fingerprint density at radius 1 is 1.53 bits per heavy atom. The Morgan fingerprint density at radius 2 is 2.26 bits per heavy atom. The third-order valence-corrected chi connectivity index (χ3v) is 3.42. The fraction of sp³-hybridized carbons (Fsp3) is 0.462. The van der Waals surface area contributed by atoms with Crippen LogP contribution in [0.2, 0.25) is 0 Å². The van der Waals surface area contributed by atoms with Gasteiger partial charge in [0.05, 0.1) is 22.2 Å². The number of hydrogen-bond acceptors (Lipinski definition) is 4. The highest BCUT2D eigenvalue weighted by molar-refractivity contribution is 6.00. The van der Waals surface area contributed by atoms with Gasteiger partial charge in [0, 0.05) is 12.6 Å². The smallest absolute Gasteiger partial charge is 0.274 e. The molecule has 1 aromatic rings. The van der Waals surface area contributed by atoms with Crippen LogP contribution in [0, 0.1) is 17.0 Å². The molecule has 6 heteroatoms. The van der Waals surface area contributed by atoms with Crippen molar-refractivity contribution in [3.8, 4) is 0 Å². The number of likely N-dealkylation sites (N-methyl/N-ethyl adjacent to an activating group) is 1. The summed E-state index contributed by atoms with van der Waals surface area (Å²) in [4.78, 5) is 24.4. The third kappa shape index (κ3) is 2.44. The Bertz CT molecular complexity index is 516. The lowest BCUT2D eigenvalue weighted by molar-refractivity contribution is -0.385. The second-order valence-electron chi connectivity index (χ2n) is 4.57. The van der Waals surface area contributed by atoms with Crippen LogP contribution in [0.5, 0.6) is 0 Å². The number of hydrogen-bond donors (Lipinski definition) is 1. The van der Waals surface area contributed by atoms with Gasteiger partial charge in [-0.15, -0.1) is 0 Å². The van der Waals surface area contributed by atoms with Gasteiger partial charge in [-0.1, -0.05) is 13.0 Å². The molecule has 102 valence electrons. The average Bonchev–Trinajstić information content (AvgIpc) is 2.72. The van der Waals surface area contributed by atoms with Crippen LogP contribution in [0.4, 0.5) is 11.4 Å². The first-order valence-corrected chi connectivity index (χ1v) is 6.35. The van der Waals surface area contributed by atoms with Gasteiger partial charge in [0.1, 0.15) is 0 Å². The number of anilines is 1. The van der Waals surface area contributed by atoms with Crippen LogP contribution in [-0.4, -0.2) is 30.0 Å². The molecule has 6 nitrogen and oxygen atoms in total. The van der Waals surface area contributed by atoms with E-state index in [1.54, 1.807) is 24.0 Å². The molecule has 1 aliphatic rings. The maximum atomic E-state index is 12.2. The maximum absolute atomic E-state index is 12.2. The van der Waals surface area contributed by atoms with E-state index in [4.69, 9.17) is 0 Å². The van der Waals surface area contributed by atoms with Crippen LogP contribution in [0.25, 0.3) is 0 Å². The highest BCUT2D eigenvalue weighted by Crippen LogP contribution is 2.30. The molecular weight excluding hydrogens is 246 g/mol. The van der Waals surface area contributed by atoms with E-state index in [1.807, 2.05) is 6.92 Å². The number of carbonyl (C=O) groups is 1. The van der Waals surface area contributed by atoms with Crippen LogP contribution in [0.3, 0.4) is 0 Å². The standard InChI is InChI=1S/C13H17N3O3/c1-3-14-10-7-8-15(13(10)17)11-5-4-6-12(9(11)2)16(18)19/h4-6,10,14H,3,7-8H2,1-2H3. The molecular formula is C13H17N3O3. The Kier molecular flexibility index (Phi) is 3.80. The van der Waals surface area contributed by atoms with E-state index in [9.17, 15) is 14.9 Å². The van der Waals surface area contributed by atoms with Crippen molar-refractivity contribution in [3.05, 3.63) is 33.9 Å². The molecule has 1 aromatic carbocycles. The topological polar surface area (TPSA) is 75.5 Å². The molecule has 0 radical (unpaired) electrons. The predicted octanol–water partition coefficient (Wildman–Crippen LogP) is 1.62. The van der Waals surface area contributed by atoms with E-state index >= 15 is 0 Å². The summed E-state index contributed by atoms with van der Waals surface area (Å²) in [7, 11) is 0. The fourth-order valence-corrected chi connectivity index (χ4v) is 2.46. The second-order valence-corrected chi connectivity index (χ2v) is 4.57. The maximum Gasteiger partial charge on any atom is 0.274 e. The monoisotopic (exact) mass is 263 g/mol. The van der Waals surface area contributed by atoms with Gasteiger partial charge < -0.3 is 10.2 Å². The minimum absolute atomic E-state index is 0.00884. The second kappa shape index (κ2) is 5.36. The number of nitro benzene ring substituents is 1. The van der Waals surface area contributed by atoms with Crippen LogP contribution in [0.15, 0.2) is 18.2 Å². The van der Waals surface area contributed by atoms with Gasteiger partial charge in [0.25, 0.3) is 5.69 Å². The van der Waals surface area contributed by atoms with E-state index in [-0.39, 0.29) is 17.6 Å². The molecule has 1 heterocycles. The van der Waals surface area contributed by atoms with Crippen LogP contribution in [0.1, 0.15) is 18.9 Å². The highest BCUT2D eigenvalue weighted by Gasteiger charge is 2.33. The van der Waals surface area contributed by atoms with Gasteiger partial charge >= 0.3 is 0 Å². The molecule has 1 aliphatic heterocycles. The van der Waals surface area contributed by atoms with Crippen molar-refractivity contribution in [3.63, 3.8) is 0 Å². The number of benzene rings is 1. The van der Waals surface area contributed by atoms with Crippen LogP contribution < -0.4 is 10.2 Å². The van der Waals surface area contributed by atoms with Crippen molar-refractivity contribution in [2.45, 2.75) is 26.3 Å². The molecule has 1 atom stereocenters. The summed E-state index contributed by atoms with van der Waals surface area (Å²) in [5.74, 6) is -0.00884. The van der Waals surface area contributed by atoms with Gasteiger partial charge in [-0.3, -0.25) is 14.9 Å². The van der Waals surface area contributed by atoms with Crippen molar-refractivity contribution in [2.24, 2.45) is 0 Å². The molecule has 0 bridgehead atoms. The van der Waals surface area contributed by atoms with Crippen LogP contribution >= 0.6 is 0 Å². The quantitative estimate of drug-likeness (QED) is 0.661. The third-order valence-electron chi connectivity index (χ3n) is 3.42. The largest absolute Gasteiger partial charge is 0.310 e. The predicted molar refractivity (Wildman–Crippen MR) is 72.3 cm³/mol. The number of amides is 1. The molecule has 1 fully saturated rings. The molecule has 0 saturated carbocycles. The number of nitrogens with zero attached hydrogens (tertiary/aromatic N) is 2. The molecule has 19 heavy (non-hydrogen) atoms. The summed E-state index contributed by atoms with van der Waals surface area (Å²) in [6.07, 6.45) is 0.731. The van der Waals surface area contributed by atoms with Gasteiger partial charge in [0.15, 0.2) is 0 Å². The highest BCUT2D eigenvalue weighted by atomic mass is 16.6.